The van der Waals surface area contributed by atoms with Gasteiger partial charge in [0.1, 0.15) is 12.4 Å². The number of aromatic nitrogens is 1. The number of carbonyl (C=O) groups is 1. The zero-order valence-electron chi connectivity index (χ0n) is 8.80. The lowest BCUT2D eigenvalue weighted by Crippen LogP contribution is -1.94. The zero-order valence-corrected chi connectivity index (χ0v) is 8.80. The van der Waals surface area contributed by atoms with Gasteiger partial charge in [-0.15, -0.1) is 5.92 Å². The Morgan fingerprint density at radius 3 is 3.00 bits per heavy atom. The van der Waals surface area contributed by atoms with E-state index in [1.54, 1.807) is 19.1 Å². The van der Waals surface area contributed by atoms with E-state index in [0.29, 0.717) is 18.1 Å². The predicted octanol–water partition coefficient (Wildman–Crippen LogP) is 1.58. The average Bonchev–Trinajstić information content (AvgIpc) is 2.28. The molecule has 0 radical (unpaired) electrons. The number of hydrogen-bond donors (Lipinski definition) is 1. The van der Waals surface area contributed by atoms with Crippen LogP contribution in [0.3, 0.4) is 0 Å². The van der Waals surface area contributed by atoms with Crippen LogP contribution in [0.1, 0.15) is 12.6 Å². The second-order valence-corrected chi connectivity index (χ2v) is 2.81. The smallest absolute Gasteiger partial charge is 0.328 e. The Balaban J connectivity index is 2.59. The lowest BCUT2D eigenvalue weighted by atomic mass is 10.3. The maximum atomic E-state index is 10.3. The quantitative estimate of drug-likeness (QED) is 0.614. The normalized spacial score (nSPS) is 9.56. The molecule has 0 saturated heterocycles. The van der Waals surface area contributed by atoms with Crippen LogP contribution in [0.15, 0.2) is 24.4 Å². The highest BCUT2D eigenvalue weighted by Gasteiger charge is 1.94. The lowest BCUT2D eigenvalue weighted by molar-refractivity contribution is -0.131. The van der Waals surface area contributed by atoms with Gasteiger partial charge in [-0.1, -0.05) is 5.92 Å². The second-order valence-electron chi connectivity index (χ2n) is 2.81. The molecule has 0 aliphatic carbocycles. The molecule has 0 fully saturated rings. The molecule has 0 spiro atoms. The van der Waals surface area contributed by atoms with E-state index in [1.807, 2.05) is 0 Å². The molecular formula is C12H11NO3. The molecule has 0 saturated carbocycles. The molecular weight excluding hydrogens is 206 g/mol. The molecule has 4 heteroatoms. The van der Waals surface area contributed by atoms with Crippen LogP contribution in [0.25, 0.3) is 6.08 Å². The minimum Gasteiger partial charge on any atom is -0.479 e. The maximum absolute atomic E-state index is 10.3. The third kappa shape index (κ3) is 4.29. The van der Waals surface area contributed by atoms with Gasteiger partial charge < -0.3 is 9.84 Å². The summed E-state index contributed by atoms with van der Waals surface area (Å²) in [4.78, 5) is 14.3. The van der Waals surface area contributed by atoms with Crippen molar-refractivity contribution in [2.75, 3.05) is 6.61 Å². The largest absolute Gasteiger partial charge is 0.479 e. The lowest BCUT2D eigenvalue weighted by Gasteiger charge is -2.00. The van der Waals surface area contributed by atoms with Gasteiger partial charge in [0.05, 0.1) is 11.9 Å². The molecule has 4 nitrogen and oxygen atoms in total. The first-order valence-electron chi connectivity index (χ1n) is 4.62. The SMILES string of the molecule is CC#CCOc1ccc(C=CC(=O)O)nc1. The number of rotatable bonds is 4. The van der Waals surface area contributed by atoms with Crippen molar-refractivity contribution in [2.24, 2.45) is 0 Å². The van der Waals surface area contributed by atoms with E-state index in [9.17, 15) is 4.79 Å². The van der Waals surface area contributed by atoms with Crippen molar-refractivity contribution in [2.45, 2.75) is 6.92 Å². The summed E-state index contributed by atoms with van der Waals surface area (Å²) in [6.45, 7) is 2.06. The molecule has 82 valence electrons. The maximum Gasteiger partial charge on any atom is 0.328 e. The van der Waals surface area contributed by atoms with Crippen LogP contribution < -0.4 is 4.74 Å². The summed E-state index contributed by atoms with van der Waals surface area (Å²) in [6, 6.07) is 3.39. The van der Waals surface area contributed by atoms with Gasteiger partial charge in [-0.05, 0) is 25.1 Å². The first kappa shape index (κ1) is 11.8. The fourth-order valence-electron chi connectivity index (χ4n) is 0.924. The number of pyridine rings is 1. The molecule has 1 aromatic rings. The van der Waals surface area contributed by atoms with E-state index in [0.717, 1.165) is 6.08 Å². The van der Waals surface area contributed by atoms with E-state index < -0.39 is 5.97 Å². The Morgan fingerprint density at radius 1 is 1.62 bits per heavy atom. The third-order valence-electron chi connectivity index (χ3n) is 1.64. The minimum absolute atomic E-state index is 0.322. The van der Waals surface area contributed by atoms with E-state index in [2.05, 4.69) is 16.8 Å². The molecule has 1 N–H and O–H groups in total. The molecule has 16 heavy (non-hydrogen) atoms. The molecule has 0 atom stereocenters. The van der Waals surface area contributed by atoms with E-state index in [-0.39, 0.29) is 0 Å². The highest BCUT2D eigenvalue weighted by atomic mass is 16.5. The van der Waals surface area contributed by atoms with Crippen molar-refractivity contribution < 1.29 is 14.6 Å². The molecule has 0 aliphatic rings. The van der Waals surface area contributed by atoms with Crippen molar-refractivity contribution in [1.82, 2.24) is 4.98 Å². The van der Waals surface area contributed by atoms with Crippen molar-refractivity contribution >= 4 is 12.0 Å². The Hall–Kier alpha value is -2.28. The first-order chi connectivity index (χ1) is 7.72. The Labute approximate surface area is 93.6 Å². The summed E-state index contributed by atoms with van der Waals surface area (Å²) in [5, 5.41) is 8.42. The number of carboxylic acids is 1. The summed E-state index contributed by atoms with van der Waals surface area (Å²) in [5.74, 6) is 5.08. The van der Waals surface area contributed by atoms with Gasteiger partial charge in [-0.2, -0.15) is 0 Å². The van der Waals surface area contributed by atoms with Crippen LogP contribution in [0, 0.1) is 11.8 Å². The summed E-state index contributed by atoms with van der Waals surface area (Å²) >= 11 is 0. The van der Waals surface area contributed by atoms with E-state index >= 15 is 0 Å². The second kappa shape index (κ2) is 6.25. The topological polar surface area (TPSA) is 59.4 Å². The molecule has 0 bridgehead atoms. The Bertz CT molecular complexity index is 438. The highest BCUT2D eigenvalue weighted by Crippen LogP contribution is 2.09. The molecule has 1 aromatic heterocycles. The van der Waals surface area contributed by atoms with Crippen LogP contribution in [-0.4, -0.2) is 22.7 Å². The summed E-state index contributed by atoms with van der Waals surface area (Å²) in [7, 11) is 0. The summed E-state index contributed by atoms with van der Waals surface area (Å²) in [5.41, 5.74) is 0.566. The molecule has 0 amide bonds. The molecule has 1 rings (SSSR count). The fraction of sp³-hybridized carbons (Fsp3) is 0.167. The minimum atomic E-state index is -1.000. The molecule has 0 aliphatic heterocycles. The van der Waals surface area contributed by atoms with Crippen molar-refractivity contribution in [3.05, 3.63) is 30.1 Å². The molecule has 1 heterocycles. The van der Waals surface area contributed by atoms with E-state index in [4.69, 9.17) is 9.84 Å². The van der Waals surface area contributed by atoms with Crippen LogP contribution in [0.4, 0.5) is 0 Å². The third-order valence-corrected chi connectivity index (χ3v) is 1.64. The zero-order chi connectivity index (χ0) is 11.8. The van der Waals surface area contributed by atoms with Crippen LogP contribution in [0.2, 0.25) is 0 Å². The van der Waals surface area contributed by atoms with Gasteiger partial charge >= 0.3 is 5.97 Å². The summed E-state index contributed by atoms with van der Waals surface area (Å²) in [6.07, 6.45) is 3.97. The number of hydrogen-bond acceptors (Lipinski definition) is 3. The van der Waals surface area contributed by atoms with Gasteiger partial charge in [-0.25, -0.2) is 4.79 Å². The number of nitrogens with zero attached hydrogens (tertiary/aromatic N) is 1. The molecule has 0 unspecified atom stereocenters. The molecule has 0 aromatic carbocycles. The van der Waals surface area contributed by atoms with Crippen LogP contribution in [-0.2, 0) is 4.79 Å². The Kier molecular flexibility index (Phi) is 4.61. The first-order valence-corrected chi connectivity index (χ1v) is 4.62. The van der Waals surface area contributed by atoms with Gasteiger partial charge in [0.25, 0.3) is 0 Å². The monoisotopic (exact) mass is 217 g/mol. The predicted molar refractivity (Wildman–Crippen MR) is 59.9 cm³/mol. The van der Waals surface area contributed by atoms with Crippen molar-refractivity contribution in [1.29, 1.82) is 0 Å². The summed E-state index contributed by atoms with van der Waals surface area (Å²) < 4.78 is 5.25. The standard InChI is InChI=1S/C12H11NO3/c1-2-3-8-16-11-6-4-10(13-9-11)5-7-12(14)15/h4-7,9H,8H2,1H3,(H,14,15). The van der Waals surface area contributed by atoms with Crippen molar-refractivity contribution in [3.63, 3.8) is 0 Å². The van der Waals surface area contributed by atoms with E-state index in [1.165, 1.54) is 12.3 Å². The van der Waals surface area contributed by atoms with Gasteiger partial charge in [0, 0.05) is 6.08 Å². The van der Waals surface area contributed by atoms with Gasteiger partial charge in [0.15, 0.2) is 0 Å². The average molecular weight is 217 g/mol. The number of ether oxygens (including phenoxy) is 1. The van der Waals surface area contributed by atoms with Crippen LogP contribution >= 0.6 is 0 Å². The van der Waals surface area contributed by atoms with Crippen LogP contribution in [0.5, 0.6) is 5.75 Å². The number of aliphatic carboxylic acids is 1. The van der Waals surface area contributed by atoms with Gasteiger partial charge in [-0.3, -0.25) is 4.98 Å². The van der Waals surface area contributed by atoms with Crippen molar-refractivity contribution in [3.8, 4) is 17.6 Å². The Morgan fingerprint density at radius 2 is 2.44 bits per heavy atom. The van der Waals surface area contributed by atoms with Gasteiger partial charge in [0.2, 0.25) is 0 Å². The highest BCUT2D eigenvalue weighted by molar-refractivity contribution is 5.84. The number of carboxylic acid groups (broad SMARTS) is 1. The fourth-order valence-corrected chi connectivity index (χ4v) is 0.924.